The molecule has 1 N–H and O–H groups in total. The van der Waals surface area contributed by atoms with Gasteiger partial charge < -0.3 is 19.7 Å². The highest BCUT2D eigenvalue weighted by Gasteiger charge is 2.38. The van der Waals surface area contributed by atoms with Crippen LogP contribution in [0.5, 0.6) is 5.75 Å². The third-order valence-electron chi connectivity index (χ3n) is 6.97. The third-order valence-corrected chi connectivity index (χ3v) is 7.29. The van der Waals surface area contributed by atoms with E-state index in [0.717, 1.165) is 5.69 Å². The lowest BCUT2D eigenvalue weighted by molar-refractivity contribution is 0.0290. The van der Waals surface area contributed by atoms with E-state index < -0.39 is 12.1 Å². The van der Waals surface area contributed by atoms with Crippen molar-refractivity contribution in [1.29, 1.82) is 0 Å². The first-order valence-electron chi connectivity index (χ1n) is 13.1. The number of benzene rings is 1. The maximum atomic E-state index is 13.7. The number of aromatic nitrogens is 7. The van der Waals surface area contributed by atoms with E-state index in [1.807, 2.05) is 20.0 Å². The highest BCUT2D eigenvalue weighted by Crippen LogP contribution is 2.27. The Morgan fingerprint density at radius 3 is 2.95 bits per heavy atom. The minimum Gasteiger partial charge on any atom is -0.492 e. The molecule has 2 atom stereocenters. The van der Waals surface area contributed by atoms with Gasteiger partial charge in [-0.1, -0.05) is 30.7 Å². The number of nitrogens with zero attached hydrogens (tertiary/aromatic N) is 8. The maximum Gasteiger partial charge on any atom is 0.272 e. The van der Waals surface area contributed by atoms with Crippen molar-refractivity contribution in [1.82, 2.24) is 44.8 Å². The minimum absolute atomic E-state index is 0.0955. The Hall–Kier alpha value is -4.10. The van der Waals surface area contributed by atoms with Crippen molar-refractivity contribution in [2.24, 2.45) is 0 Å². The van der Waals surface area contributed by atoms with Crippen molar-refractivity contribution >= 4 is 29.2 Å². The predicted octanol–water partition coefficient (Wildman–Crippen LogP) is 2.11. The number of fused-ring (bicyclic) bond motifs is 6. The van der Waals surface area contributed by atoms with Crippen LogP contribution in [0.25, 0.3) is 5.78 Å². The Kier molecular flexibility index (Phi) is 7.07. The van der Waals surface area contributed by atoms with E-state index in [4.69, 9.17) is 21.1 Å². The molecule has 14 heteroatoms. The number of halogens is 1. The number of hydrogen-bond donors (Lipinski definition) is 1. The van der Waals surface area contributed by atoms with Gasteiger partial charge in [-0.25, -0.2) is 9.50 Å². The van der Waals surface area contributed by atoms with Crippen LogP contribution in [0.3, 0.4) is 0 Å². The molecule has 2 aliphatic rings. The second-order valence-electron chi connectivity index (χ2n) is 10.2. The molecule has 1 saturated heterocycles. The Morgan fingerprint density at radius 2 is 2.10 bits per heavy atom. The molecule has 4 bridgehead atoms. The van der Waals surface area contributed by atoms with Gasteiger partial charge in [-0.15, -0.1) is 5.10 Å². The Balaban J connectivity index is 1.28. The van der Waals surface area contributed by atoms with Gasteiger partial charge >= 0.3 is 0 Å². The van der Waals surface area contributed by atoms with Gasteiger partial charge in [-0.05, 0) is 30.2 Å². The zero-order valence-electron chi connectivity index (χ0n) is 22.0. The van der Waals surface area contributed by atoms with Crippen molar-refractivity contribution in [2.75, 3.05) is 19.7 Å². The summed E-state index contributed by atoms with van der Waals surface area (Å²) in [5, 5.41) is 16.0. The molecule has 0 radical (unpaired) electrons. The number of amides is 2. The van der Waals surface area contributed by atoms with Gasteiger partial charge in [0.05, 0.1) is 42.3 Å². The van der Waals surface area contributed by atoms with Gasteiger partial charge in [0.15, 0.2) is 0 Å². The molecule has 1 aromatic carbocycles. The molecule has 13 nitrogen and oxygen atoms in total. The van der Waals surface area contributed by atoms with Gasteiger partial charge in [0.1, 0.15) is 23.5 Å². The van der Waals surface area contributed by atoms with Gasteiger partial charge in [0.25, 0.3) is 17.6 Å². The van der Waals surface area contributed by atoms with E-state index in [2.05, 4.69) is 30.7 Å². The molecule has 40 heavy (non-hydrogen) atoms. The Labute approximate surface area is 234 Å². The van der Waals surface area contributed by atoms with Crippen LogP contribution in [0.4, 0.5) is 0 Å². The van der Waals surface area contributed by atoms with Gasteiger partial charge in [-0.2, -0.15) is 10.1 Å². The fourth-order valence-corrected chi connectivity index (χ4v) is 5.06. The largest absolute Gasteiger partial charge is 0.492 e. The summed E-state index contributed by atoms with van der Waals surface area (Å²) >= 11 is 6.31. The number of carbonyl (C=O) groups excluding carboxylic acids is 2. The summed E-state index contributed by atoms with van der Waals surface area (Å²) in [7, 11) is 0. The number of hydrogen-bond acceptors (Lipinski definition) is 9. The number of ether oxygens (including phenoxy) is 2. The van der Waals surface area contributed by atoms with Crippen molar-refractivity contribution in [3.63, 3.8) is 0 Å². The van der Waals surface area contributed by atoms with E-state index >= 15 is 0 Å². The van der Waals surface area contributed by atoms with Crippen LogP contribution in [-0.2, 0) is 17.9 Å². The summed E-state index contributed by atoms with van der Waals surface area (Å²) in [6.45, 7) is 5.69. The third kappa shape index (κ3) is 5.21. The van der Waals surface area contributed by atoms with Crippen LogP contribution >= 0.6 is 11.6 Å². The van der Waals surface area contributed by atoms with E-state index in [0.29, 0.717) is 47.4 Å². The van der Waals surface area contributed by atoms with Gasteiger partial charge in [-0.3, -0.25) is 14.3 Å². The van der Waals surface area contributed by atoms with Gasteiger partial charge in [0, 0.05) is 31.6 Å². The number of carbonyl (C=O) groups is 2. The fraction of sp³-hybridized carbons (Fsp3) is 0.423. The van der Waals surface area contributed by atoms with Gasteiger partial charge in [0.2, 0.25) is 0 Å². The van der Waals surface area contributed by atoms with Crippen LogP contribution in [0.2, 0.25) is 5.02 Å². The molecule has 0 spiro atoms. The SMILES string of the molecule is CC(C)c1cc(C(=O)N2C[C@@H]3NC(=O)c4ccc(Cl)c(c4)OCCCn4cc(nn4)CO[C@H]3C2)nc2ncnn12. The fourth-order valence-electron chi connectivity index (χ4n) is 4.89. The highest BCUT2D eigenvalue weighted by atomic mass is 35.5. The maximum absolute atomic E-state index is 13.7. The first kappa shape index (κ1) is 26.1. The smallest absolute Gasteiger partial charge is 0.272 e. The second kappa shape index (κ2) is 10.8. The van der Waals surface area contributed by atoms with Crippen LogP contribution < -0.4 is 10.1 Å². The molecule has 1 fully saturated rings. The number of likely N-dealkylation sites (tertiary alicyclic amines) is 1. The molecule has 5 heterocycles. The molecule has 2 aliphatic heterocycles. The van der Waals surface area contributed by atoms with E-state index in [1.165, 1.54) is 6.33 Å². The first-order chi connectivity index (χ1) is 19.4. The number of rotatable bonds is 2. The topological polar surface area (TPSA) is 142 Å². The molecule has 0 saturated carbocycles. The monoisotopic (exact) mass is 565 g/mol. The summed E-state index contributed by atoms with van der Waals surface area (Å²) in [6.07, 6.45) is 3.41. The molecule has 0 aliphatic carbocycles. The molecule has 6 rings (SSSR count). The van der Waals surface area contributed by atoms with Crippen molar-refractivity contribution in [2.45, 2.75) is 51.5 Å². The van der Waals surface area contributed by atoms with E-state index in [9.17, 15) is 9.59 Å². The lowest BCUT2D eigenvalue weighted by Crippen LogP contribution is -2.44. The summed E-state index contributed by atoms with van der Waals surface area (Å²) in [6, 6.07) is 6.15. The normalized spacial score (nSPS) is 19.9. The van der Waals surface area contributed by atoms with Crippen molar-refractivity contribution < 1.29 is 19.1 Å². The summed E-state index contributed by atoms with van der Waals surface area (Å²) < 4.78 is 15.4. The van der Waals surface area contributed by atoms with E-state index in [1.54, 1.807) is 38.4 Å². The Bertz CT molecular complexity index is 1570. The summed E-state index contributed by atoms with van der Waals surface area (Å²) in [5.74, 6) is 0.271. The number of nitrogens with one attached hydrogen (secondary N) is 1. The first-order valence-corrected chi connectivity index (χ1v) is 13.5. The zero-order valence-corrected chi connectivity index (χ0v) is 22.8. The molecule has 4 aromatic rings. The van der Waals surface area contributed by atoms with Crippen LogP contribution in [0.1, 0.15) is 58.4 Å². The summed E-state index contributed by atoms with van der Waals surface area (Å²) in [5.41, 5.74) is 2.13. The minimum atomic E-state index is -0.490. The predicted molar refractivity (Wildman–Crippen MR) is 142 cm³/mol. The number of aryl methyl sites for hydroxylation is 1. The van der Waals surface area contributed by atoms with Crippen LogP contribution in [0.15, 0.2) is 36.8 Å². The van der Waals surface area contributed by atoms with Crippen molar-refractivity contribution in [3.8, 4) is 5.75 Å². The average Bonchev–Trinajstić information content (AvgIpc) is 3.69. The van der Waals surface area contributed by atoms with Crippen LogP contribution in [-0.4, -0.2) is 83.1 Å². The molecule has 3 aromatic heterocycles. The van der Waals surface area contributed by atoms with Crippen LogP contribution in [0, 0.1) is 0 Å². The quantitative estimate of drug-likeness (QED) is 0.386. The lowest BCUT2D eigenvalue weighted by atomic mass is 10.1. The molecule has 0 unspecified atom stereocenters. The second-order valence-corrected chi connectivity index (χ2v) is 10.6. The van der Waals surface area contributed by atoms with Crippen molar-refractivity contribution in [3.05, 3.63) is 64.5 Å². The summed E-state index contributed by atoms with van der Waals surface area (Å²) in [4.78, 5) is 37.2. The zero-order chi connectivity index (χ0) is 27.8. The molecular weight excluding hydrogens is 538 g/mol. The Morgan fingerprint density at radius 1 is 1.23 bits per heavy atom. The standard InChI is InChI=1S/C26H28ClN9O4/c1-15(2)21-9-19(31-26-28-14-29-36(21)26)25(38)34-11-20-23(12-34)40-13-17-10-35(33-32-17)6-3-7-39-22-8-16(24(37)30-20)4-5-18(22)27/h4-5,8-10,14-15,20,23H,3,6-7,11-13H2,1-2H3,(H,30,37)/t20-,23-/m0/s1. The molecule has 208 valence electrons. The highest BCUT2D eigenvalue weighted by molar-refractivity contribution is 6.32. The average molecular weight is 566 g/mol. The molecular formula is C26H28ClN9O4. The molecule has 2 amide bonds. The lowest BCUT2D eigenvalue weighted by Gasteiger charge is -2.20. The van der Waals surface area contributed by atoms with E-state index in [-0.39, 0.29) is 43.1 Å².